The number of aromatic nitrogens is 2. The van der Waals surface area contributed by atoms with E-state index in [0.29, 0.717) is 16.8 Å². The highest BCUT2D eigenvalue weighted by atomic mass is 35.5. The van der Waals surface area contributed by atoms with E-state index in [-0.39, 0.29) is 18.1 Å². The van der Waals surface area contributed by atoms with E-state index in [1.807, 2.05) is 24.3 Å². The molecule has 1 saturated heterocycles. The zero-order valence-electron chi connectivity index (χ0n) is 13.5. The highest BCUT2D eigenvalue weighted by molar-refractivity contribution is 6.30. The first-order chi connectivity index (χ1) is 11.0. The summed E-state index contributed by atoms with van der Waals surface area (Å²) in [6, 6.07) is 7.42. The Labute approximate surface area is 141 Å². The maximum Gasteiger partial charge on any atom is 0.247 e. The molecule has 0 aliphatic carbocycles. The topological polar surface area (TPSA) is 62.4 Å². The van der Waals surface area contributed by atoms with Crippen molar-refractivity contribution in [3.05, 3.63) is 35.2 Å². The van der Waals surface area contributed by atoms with Crippen LogP contribution in [0.5, 0.6) is 0 Å². The number of likely N-dealkylation sites (tertiary alicyclic amines) is 1. The van der Waals surface area contributed by atoms with Gasteiger partial charge in [-0.3, -0.25) is 4.90 Å². The summed E-state index contributed by atoms with van der Waals surface area (Å²) in [7, 11) is 0. The number of rotatable bonds is 4. The van der Waals surface area contributed by atoms with Crippen molar-refractivity contribution in [2.75, 3.05) is 19.7 Å². The monoisotopic (exact) mass is 335 g/mol. The summed E-state index contributed by atoms with van der Waals surface area (Å²) in [5.74, 6) is 1.08. The molecule has 0 radical (unpaired) electrons. The molecule has 2 atom stereocenters. The molecule has 1 N–H and O–H groups in total. The molecular formula is C17H22ClN3O2. The molecule has 5 nitrogen and oxygen atoms in total. The fourth-order valence-corrected chi connectivity index (χ4v) is 3.31. The SMILES string of the molecule is CC(c1nnc(-c2cccc(Cl)c2)o1)N1CCCC(C)(CO)C1. The smallest absolute Gasteiger partial charge is 0.247 e. The minimum absolute atomic E-state index is 0.0293. The second kappa shape index (κ2) is 6.59. The number of benzene rings is 1. The largest absolute Gasteiger partial charge is 0.419 e. The van der Waals surface area contributed by atoms with Crippen molar-refractivity contribution in [3.8, 4) is 11.5 Å². The van der Waals surface area contributed by atoms with E-state index >= 15 is 0 Å². The molecule has 0 amide bonds. The number of aliphatic hydroxyl groups is 1. The lowest BCUT2D eigenvalue weighted by molar-refractivity contribution is 0.0225. The Balaban J connectivity index is 1.77. The molecule has 124 valence electrons. The first-order valence-corrected chi connectivity index (χ1v) is 8.33. The minimum Gasteiger partial charge on any atom is -0.419 e. The van der Waals surface area contributed by atoms with Crippen LogP contribution in [0.4, 0.5) is 0 Å². The van der Waals surface area contributed by atoms with E-state index in [9.17, 15) is 5.11 Å². The van der Waals surface area contributed by atoms with Gasteiger partial charge in [-0.15, -0.1) is 10.2 Å². The Kier molecular flexibility index (Phi) is 4.71. The van der Waals surface area contributed by atoms with Crippen LogP contribution in [0.1, 0.15) is 38.6 Å². The summed E-state index contributed by atoms with van der Waals surface area (Å²) >= 11 is 6.01. The number of nitrogens with zero attached hydrogens (tertiary/aromatic N) is 3. The zero-order chi connectivity index (χ0) is 16.4. The normalized spacial score (nSPS) is 23.8. The van der Waals surface area contributed by atoms with Crippen LogP contribution < -0.4 is 0 Å². The van der Waals surface area contributed by atoms with Gasteiger partial charge in [-0.05, 0) is 44.5 Å². The highest BCUT2D eigenvalue weighted by Gasteiger charge is 2.34. The molecule has 1 fully saturated rings. The van der Waals surface area contributed by atoms with E-state index in [1.165, 1.54) is 0 Å². The van der Waals surface area contributed by atoms with Gasteiger partial charge in [0.15, 0.2) is 0 Å². The van der Waals surface area contributed by atoms with E-state index in [2.05, 4.69) is 28.9 Å². The van der Waals surface area contributed by atoms with Gasteiger partial charge in [0.1, 0.15) is 0 Å². The first kappa shape index (κ1) is 16.4. The Bertz CT molecular complexity index is 675. The first-order valence-electron chi connectivity index (χ1n) is 7.95. The quantitative estimate of drug-likeness (QED) is 0.925. The van der Waals surface area contributed by atoms with Crippen LogP contribution in [0, 0.1) is 5.41 Å². The third-order valence-electron chi connectivity index (χ3n) is 4.61. The van der Waals surface area contributed by atoms with E-state index < -0.39 is 0 Å². The van der Waals surface area contributed by atoms with E-state index in [0.717, 1.165) is 31.5 Å². The van der Waals surface area contributed by atoms with Crippen molar-refractivity contribution < 1.29 is 9.52 Å². The van der Waals surface area contributed by atoms with Crippen molar-refractivity contribution in [3.63, 3.8) is 0 Å². The summed E-state index contributed by atoms with van der Waals surface area (Å²) < 4.78 is 5.86. The third kappa shape index (κ3) is 3.57. The summed E-state index contributed by atoms with van der Waals surface area (Å²) in [6.07, 6.45) is 2.11. The lowest BCUT2D eigenvalue weighted by atomic mass is 9.82. The van der Waals surface area contributed by atoms with Crippen LogP contribution in [0.25, 0.3) is 11.5 Å². The van der Waals surface area contributed by atoms with Crippen LogP contribution in [0.2, 0.25) is 5.02 Å². The van der Waals surface area contributed by atoms with E-state index in [4.69, 9.17) is 16.0 Å². The van der Waals surface area contributed by atoms with Crippen LogP contribution in [-0.4, -0.2) is 39.9 Å². The summed E-state index contributed by atoms with van der Waals surface area (Å²) in [5, 5.41) is 18.6. The molecule has 2 unspecified atom stereocenters. The molecule has 6 heteroatoms. The lowest BCUT2D eigenvalue weighted by Gasteiger charge is -2.41. The minimum atomic E-state index is -0.0533. The van der Waals surface area contributed by atoms with Gasteiger partial charge in [0.2, 0.25) is 11.8 Å². The van der Waals surface area contributed by atoms with Crippen molar-refractivity contribution in [1.82, 2.24) is 15.1 Å². The maximum absolute atomic E-state index is 9.61. The number of piperidine rings is 1. The van der Waals surface area contributed by atoms with Gasteiger partial charge in [-0.1, -0.05) is 24.6 Å². The van der Waals surface area contributed by atoms with Crippen molar-refractivity contribution in [1.29, 1.82) is 0 Å². The van der Waals surface area contributed by atoms with Gasteiger partial charge in [0.25, 0.3) is 0 Å². The zero-order valence-corrected chi connectivity index (χ0v) is 14.3. The number of hydrogen-bond acceptors (Lipinski definition) is 5. The maximum atomic E-state index is 9.61. The molecule has 2 aromatic rings. The van der Waals surface area contributed by atoms with Gasteiger partial charge in [0, 0.05) is 29.2 Å². The van der Waals surface area contributed by atoms with Crippen LogP contribution in [0.15, 0.2) is 28.7 Å². The second-order valence-corrected chi connectivity index (χ2v) is 7.11. The molecule has 0 saturated carbocycles. The van der Waals surface area contributed by atoms with Crippen LogP contribution in [0.3, 0.4) is 0 Å². The molecule has 1 aromatic carbocycles. The van der Waals surface area contributed by atoms with Crippen LogP contribution in [-0.2, 0) is 0 Å². The van der Waals surface area contributed by atoms with Gasteiger partial charge >= 0.3 is 0 Å². The molecule has 0 bridgehead atoms. The Morgan fingerprint density at radius 3 is 3.00 bits per heavy atom. The molecule has 1 aliphatic heterocycles. The molecular weight excluding hydrogens is 314 g/mol. The molecule has 1 aliphatic rings. The lowest BCUT2D eigenvalue weighted by Crippen LogP contribution is -2.44. The molecule has 23 heavy (non-hydrogen) atoms. The Morgan fingerprint density at radius 1 is 1.43 bits per heavy atom. The number of aliphatic hydroxyl groups excluding tert-OH is 1. The third-order valence-corrected chi connectivity index (χ3v) is 4.84. The average Bonchev–Trinajstić information content (AvgIpc) is 3.04. The number of halogens is 1. The molecule has 3 rings (SSSR count). The van der Waals surface area contributed by atoms with E-state index in [1.54, 1.807) is 0 Å². The van der Waals surface area contributed by atoms with Crippen molar-refractivity contribution >= 4 is 11.6 Å². The van der Waals surface area contributed by atoms with Crippen LogP contribution >= 0.6 is 11.6 Å². The standard InChI is InChI=1S/C17H22ClN3O2/c1-12(21-8-4-7-17(2,10-21)11-22)15-19-20-16(23-15)13-5-3-6-14(18)9-13/h3,5-6,9,12,22H,4,7-8,10-11H2,1-2H3. The molecule has 1 aromatic heterocycles. The predicted molar refractivity (Wildman–Crippen MR) is 89.2 cm³/mol. The van der Waals surface area contributed by atoms with Crippen molar-refractivity contribution in [2.45, 2.75) is 32.7 Å². The van der Waals surface area contributed by atoms with Gasteiger partial charge in [-0.25, -0.2) is 0 Å². The molecule has 2 heterocycles. The second-order valence-electron chi connectivity index (χ2n) is 6.67. The Morgan fingerprint density at radius 2 is 2.26 bits per heavy atom. The number of hydrogen-bond donors (Lipinski definition) is 1. The average molecular weight is 336 g/mol. The fraction of sp³-hybridized carbons (Fsp3) is 0.529. The van der Waals surface area contributed by atoms with Crippen molar-refractivity contribution in [2.24, 2.45) is 5.41 Å². The summed E-state index contributed by atoms with van der Waals surface area (Å²) in [5.41, 5.74) is 0.768. The molecule has 0 spiro atoms. The Hall–Kier alpha value is -1.43. The van der Waals surface area contributed by atoms with Gasteiger partial charge in [-0.2, -0.15) is 0 Å². The predicted octanol–water partition coefficient (Wildman–Crippen LogP) is 3.55. The van der Waals surface area contributed by atoms with Gasteiger partial charge in [0.05, 0.1) is 6.04 Å². The summed E-state index contributed by atoms with van der Waals surface area (Å²) in [4.78, 5) is 2.30. The fourth-order valence-electron chi connectivity index (χ4n) is 3.11. The highest BCUT2D eigenvalue weighted by Crippen LogP contribution is 2.34. The summed E-state index contributed by atoms with van der Waals surface area (Å²) in [6.45, 7) is 6.20. The van der Waals surface area contributed by atoms with Gasteiger partial charge < -0.3 is 9.52 Å².